The number of hydrogen-bond acceptors (Lipinski definition) is 4. The molecule has 10 heteroatoms. The second kappa shape index (κ2) is 5.41. The summed E-state index contributed by atoms with van der Waals surface area (Å²) < 4.78 is 24.7. The number of sulfone groups is 1. The summed E-state index contributed by atoms with van der Waals surface area (Å²) in [6.45, 7) is 1.81. The van der Waals surface area contributed by atoms with E-state index >= 15 is 0 Å². The fourth-order valence-corrected chi connectivity index (χ4v) is 4.18. The summed E-state index contributed by atoms with van der Waals surface area (Å²) in [6.07, 6.45) is 1.96. The molecular formula is C10H16ClN6O2S+. The lowest BCUT2D eigenvalue weighted by molar-refractivity contribution is -0.767. The van der Waals surface area contributed by atoms with Gasteiger partial charge in [-0.05, 0) is 18.5 Å². The molecule has 0 spiro atoms. The number of hydrogen-bond donors (Lipinski definition) is 3. The Morgan fingerprint density at radius 3 is 2.80 bits per heavy atom. The van der Waals surface area contributed by atoms with Gasteiger partial charge in [-0.1, -0.05) is 4.68 Å². The zero-order chi connectivity index (χ0) is 14.9. The number of guanidine groups is 1. The molecule has 8 nitrogen and oxygen atoms in total. The van der Waals surface area contributed by atoms with Crippen molar-refractivity contribution in [3.05, 3.63) is 16.4 Å². The van der Waals surface area contributed by atoms with Crippen molar-refractivity contribution in [3.63, 3.8) is 0 Å². The molecule has 0 saturated carbocycles. The topological polar surface area (TPSA) is 131 Å². The molecule has 1 saturated heterocycles. The summed E-state index contributed by atoms with van der Waals surface area (Å²) in [5.74, 6) is 0.110. The van der Waals surface area contributed by atoms with Crippen molar-refractivity contribution < 1.29 is 13.1 Å². The number of aromatic amines is 1. The van der Waals surface area contributed by atoms with Crippen molar-refractivity contribution in [1.82, 2.24) is 5.10 Å². The van der Waals surface area contributed by atoms with Gasteiger partial charge in [0.25, 0.3) is 0 Å². The third-order valence-corrected chi connectivity index (χ3v) is 5.20. The number of nitrogens with two attached hydrogens (primary N) is 2. The largest absolute Gasteiger partial charge is 0.369 e. The Morgan fingerprint density at radius 2 is 2.25 bits per heavy atom. The maximum Gasteiger partial charge on any atom is 0.309 e. The van der Waals surface area contributed by atoms with E-state index in [0.29, 0.717) is 17.1 Å². The Hall–Kier alpha value is -1.61. The fourth-order valence-electron chi connectivity index (χ4n) is 2.11. The van der Waals surface area contributed by atoms with E-state index in [0.717, 1.165) is 5.69 Å². The quantitative estimate of drug-likeness (QED) is 0.292. The van der Waals surface area contributed by atoms with E-state index in [2.05, 4.69) is 15.3 Å². The van der Waals surface area contributed by atoms with Gasteiger partial charge in [0.05, 0.1) is 17.7 Å². The summed E-state index contributed by atoms with van der Waals surface area (Å²) >= 11 is 6.25. The first kappa shape index (κ1) is 14.8. The number of nitrogens with zero attached hydrogens (tertiary/aromatic N) is 3. The number of nitrogens with one attached hydrogen (secondary N) is 1. The predicted octanol–water partition coefficient (Wildman–Crippen LogP) is -0.769. The zero-order valence-electron chi connectivity index (χ0n) is 10.9. The summed E-state index contributed by atoms with van der Waals surface area (Å²) in [6, 6.07) is -0.184. The third kappa shape index (κ3) is 3.10. The maximum absolute atomic E-state index is 11.5. The standard InChI is InChI=1S/C10H15ClN6O2S/c1-6-8(4-14-15-10(12)13)9(11)17(16-6)7-2-3-20(18,19)5-7/h4,7H,2-3,5H2,1H3,(H4,12,13,15)/p+1/b14-4+/t7-/m1/s1. The van der Waals surface area contributed by atoms with E-state index < -0.39 is 9.84 Å². The molecule has 1 aliphatic heterocycles. The number of aromatic nitrogens is 2. The summed E-state index contributed by atoms with van der Waals surface area (Å²) in [5, 5.41) is 10.6. The highest BCUT2D eigenvalue weighted by atomic mass is 35.5. The van der Waals surface area contributed by atoms with Gasteiger partial charge in [0.15, 0.2) is 15.9 Å². The number of aryl methyl sites for hydroxylation is 1. The average Bonchev–Trinajstić information content (AvgIpc) is 2.82. The van der Waals surface area contributed by atoms with Gasteiger partial charge < -0.3 is 11.5 Å². The van der Waals surface area contributed by atoms with Gasteiger partial charge in [0.1, 0.15) is 11.3 Å². The molecule has 0 amide bonds. The van der Waals surface area contributed by atoms with Crippen LogP contribution in [-0.2, 0) is 9.84 Å². The summed E-state index contributed by atoms with van der Waals surface area (Å²) in [4.78, 5) is 0. The molecule has 20 heavy (non-hydrogen) atoms. The van der Waals surface area contributed by atoms with Crippen molar-refractivity contribution >= 4 is 33.6 Å². The highest BCUT2D eigenvalue weighted by Gasteiger charge is 2.38. The molecule has 0 aliphatic carbocycles. The van der Waals surface area contributed by atoms with E-state index in [1.807, 2.05) is 6.92 Å². The molecule has 1 aromatic heterocycles. The van der Waals surface area contributed by atoms with Crippen LogP contribution in [0.4, 0.5) is 0 Å². The fraction of sp³-hybridized carbons (Fsp3) is 0.500. The van der Waals surface area contributed by atoms with Crippen LogP contribution in [0.5, 0.6) is 0 Å². The van der Waals surface area contributed by atoms with Gasteiger partial charge in [0, 0.05) is 6.42 Å². The van der Waals surface area contributed by atoms with Gasteiger partial charge >= 0.3 is 5.15 Å². The molecule has 0 bridgehead atoms. The van der Waals surface area contributed by atoms with Gasteiger partial charge in [-0.2, -0.15) is 10.2 Å². The molecule has 5 N–H and O–H groups in total. The first-order valence-electron chi connectivity index (χ1n) is 5.92. The molecule has 1 fully saturated rings. The Kier molecular flexibility index (Phi) is 4.00. The monoisotopic (exact) mass is 319 g/mol. The van der Waals surface area contributed by atoms with Crippen LogP contribution < -0.4 is 16.1 Å². The molecule has 110 valence electrons. The van der Waals surface area contributed by atoms with E-state index in [1.54, 1.807) is 4.68 Å². The minimum Gasteiger partial charge on any atom is -0.369 e. The van der Waals surface area contributed by atoms with Crippen LogP contribution in [0.15, 0.2) is 10.2 Å². The third-order valence-electron chi connectivity index (χ3n) is 3.06. The lowest BCUT2D eigenvalue weighted by Gasteiger charge is -1.98. The Labute approximate surface area is 121 Å². The molecule has 0 unspecified atom stereocenters. The Morgan fingerprint density at radius 1 is 1.55 bits per heavy atom. The Bertz CT molecular complexity index is 674. The second-order valence-corrected chi connectivity index (χ2v) is 7.22. The van der Waals surface area contributed by atoms with Gasteiger partial charge in [-0.3, -0.25) is 0 Å². The number of H-pyrrole nitrogens is 1. The molecule has 2 rings (SSSR count). The van der Waals surface area contributed by atoms with Gasteiger partial charge in [-0.25, -0.2) is 8.42 Å². The van der Waals surface area contributed by atoms with Crippen molar-refractivity contribution in [2.24, 2.45) is 21.7 Å². The first-order chi connectivity index (χ1) is 9.30. The van der Waals surface area contributed by atoms with Crippen molar-refractivity contribution in [1.29, 1.82) is 0 Å². The number of rotatable bonds is 3. The smallest absolute Gasteiger partial charge is 0.309 e. The van der Waals surface area contributed by atoms with Crippen LogP contribution in [0.3, 0.4) is 0 Å². The molecule has 1 aromatic rings. The van der Waals surface area contributed by atoms with E-state index in [4.69, 9.17) is 23.1 Å². The first-order valence-corrected chi connectivity index (χ1v) is 8.12. The normalized spacial score (nSPS) is 21.4. The van der Waals surface area contributed by atoms with E-state index in [-0.39, 0.29) is 23.5 Å². The Balaban J connectivity index is 2.30. The summed E-state index contributed by atoms with van der Waals surface area (Å²) in [7, 11) is -2.98. The van der Waals surface area contributed by atoms with Crippen LogP contribution in [0, 0.1) is 6.92 Å². The average molecular weight is 320 g/mol. The maximum atomic E-state index is 11.5. The molecule has 0 aromatic carbocycles. The highest BCUT2D eigenvalue weighted by molar-refractivity contribution is 7.91. The van der Waals surface area contributed by atoms with E-state index in [9.17, 15) is 8.42 Å². The molecule has 0 radical (unpaired) electrons. The minimum atomic E-state index is -2.98. The van der Waals surface area contributed by atoms with Crippen LogP contribution in [0.2, 0.25) is 5.15 Å². The molecular weight excluding hydrogens is 304 g/mol. The molecule has 1 aliphatic rings. The van der Waals surface area contributed by atoms with Crippen molar-refractivity contribution in [3.8, 4) is 0 Å². The second-order valence-electron chi connectivity index (χ2n) is 4.64. The zero-order valence-corrected chi connectivity index (χ0v) is 12.4. The molecule has 1 atom stereocenters. The van der Waals surface area contributed by atoms with Crippen molar-refractivity contribution in [2.75, 3.05) is 11.5 Å². The van der Waals surface area contributed by atoms with Crippen LogP contribution >= 0.6 is 11.6 Å². The van der Waals surface area contributed by atoms with Crippen LogP contribution in [0.25, 0.3) is 0 Å². The van der Waals surface area contributed by atoms with Crippen LogP contribution in [0.1, 0.15) is 23.7 Å². The van der Waals surface area contributed by atoms with Gasteiger partial charge in [-0.15, -0.1) is 5.10 Å². The predicted molar refractivity (Wildman–Crippen MR) is 76.4 cm³/mol. The van der Waals surface area contributed by atoms with Crippen molar-refractivity contribution in [2.45, 2.75) is 19.4 Å². The lowest BCUT2D eigenvalue weighted by Crippen LogP contribution is -2.43. The van der Waals surface area contributed by atoms with Crippen LogP contribution in [-0.4, -0.2) is 37.2 Å². The van der Waals surface area contributed by atoms with E-state index in [1.165, 1.54) is 6.21 Å². The lowest BCUT2D eigenvalue weighted by atomic mass is 10.2. The molecule has 2 heterocycles. The SMILES string of the molecule is Cc1[nH][n+]([C@@H]2CCS(=O)(=O)C2)c(Cl)c1/C=N/N=C(N)N. The number of halogens is 1. The highest BCUT2D eigenvalue weighted by Crippen LogP contribution is 2.22. The summed E-state index contributed by atoms with van der Waals surface area (Å²) in [5.41, 5.74) is 11.7. The van der Waals surface area contributed by atoms with Gasteiger partial charge in [0.2, 0.25) is 5.96 Å². The minimum absolute atomic E-state index is 0.0851.